The second-order valence-corrected chi connectivity index (χ2v) is 6.12. The van der Waals surface area contributed by atoms with E-state index in [9.17, 15) is 14.0 Å². The molecule has 8 heteroatoms. The summed E-state index contributed by atoms with van der Waals surface area (Å²) < 4.78 is 17.9. The van der Waals surface area contributed by atoms with Crippen molar-refractivity contribution in [3.8, 4) is 0 Å². The molecular weight excluding hydrogens is 385 g/mol. The number of aromatic nitrogens is 1. The molecule has 0 saturated carbocycles. The summed E-state index contributed by atoms with van der Waals surface area (Å²) in [4.78, 5) is 28.0. The number of benzene rings is 2. The van der Waals surface area contributed by atoms with Crippen molar-refractivity contribution in [3.63, 3.8) is 0 Å². The number of carbonyl (C=O) groups excluding carboxylic acids is 2. The second kappa shape index (κ2) is 8.49. The van der Waals surface area contributed by atoms with Crippen LogP contribution in [0.15, 0.2) is 60.8 Å². The Morgan fingerprint density at radius 3 is 2.54 bits per heavy atom. The number of hydrogen-bond acceptors (Lipinski definition) is 5. The van der Waals surface area contributed by atoms with Crippen molar-refractivity contribution in [2.75, 3.05) is 17.7 Å². The van der Waals surface area contributed by atoms with Crippen molar-refractivity contribution >= 4 is 40.7 Å². The van der Waals surface area contributed by atoms with Crippen LogP contribution in [-0.4, -0.2) is 24.0 Å². The highest BCUT2D eigenvalue weighted by atomic mass is 35.5. The fourth-order valence-corrected chi connectivity index (χ4v) is 2.55. The molecule has 1 heterocycles. The highest BCUT2D eigenvalue weighted by Crippen LogP contribution is 2.20. The number of nitrogens with zero attached hydrogens (tertiary/aromatic N) is 1. The van der Waals surface area contributed by atoms with E-state index in [2.05, 4.69) is 15.6 Å². The molecule has 3 rings (SSSR count). The molecule has 0 radical (unpaired) electrons. The lowest BCUT2D eigenvalue weighted by atomic mass is 10.2. The normalized spacial score (nSPS) is 10.2. The first-order valence-corrected chi connectivity index (χ1v) is 8.52. The first-order valence-electron chi connectivity index (χ1n) is 8.14. The van der Waals surface area contributed by atoms with Crippen molar-refractivity contribution in [1.82, 2.24) is 4.98 Å². The van der Waals surface area contributed by atoms with E-state index in [0.717, 1.165) is 0 Å². The zero-order chi connectivity index (χ0) is 20.1. The van der Waals surface area contributed by atoms with Gasteiger partial charge in [-0.15, -0.1) is 0 Å². The monoisotopic (exact) mass is 399 g/mol. The summed E-state index contributed by atoms with van der Waals surface area (Å²) in [5, 5.41) is 5.58. The van der Waals surface area contributed by atoms with Gasteiger partial charge in [-0.05, 0) is 48.5 Å². The molecule has 142 valence electrons. The Labute approximate surface area is 165 Å². The number of hydrogen-bond donors (Lipinski definition) is 2. The molecule has 0 spiro atoms. The molecule has 2 aromatic carbocycles. The van der Waals surface area contributed by atoms with Gasteiger partial charge in [-0.3, -0.25) is 4.79 Å². The summed E-state index contributed by atoms with van der Waals surface area (Å²) in [7, 11) is 1.31. The molecule has 0 saturated heterocycles. The van der Waals surface area contributed by atoms with E-state index in [1.54, 1.807) is 36.4 Å². The predicted octanol–water partition coefficient (Wildman–Crippen LogP) is 4.66. The summed E-state index contributed by atoms with van der Waals surface area (Å²) in [6.07, 6.45) is 1.40. The van der Waals surface area contributed by atoms with Crippen LogP contribution in [0.1, 0.15) is 20.7 Å². The molecule has 0 aliphatic rings. The van der Waals surface area contributed by atoms with Crippen molar-refractivity contribution in [3.05, 3.63) is 82.8 Å². The van der Waals surface area contributed by atoms with Gasteiger partial charge in [-0.2, -0.15) is 0 Å². The first-order chi connectivity index (χ1) is 13.5. The third kappa shape index (κ3) is 4.63. The summed E-state index contributed by atoms with van der Waals surface area (Å²) in [5.41, 5.74) is 1.74. The van der Waals surface area contributed by atoms with E-state index >= 15 is 0 Å². The molecule has 0 unspecified atom stereocenters. The minimum absolute atomic E-state index is 0.0790. The maximum atomic E-state index is 13.2. The maximum absolute atomic E-state index is 13.2. The molecule has 0 bridgehead atoms. The van der Waals surface area contributed by atoms with Crippen molar-refractivity contribution < 1.29 is 18.7 Å². The lowest BCUT2D eigenvalue weighted by molar-refractivity contribution is 0.0600. The van der Waals surface area contributed by atoms with E-state index in [0.29, 0.717) is 28.3 Å². The van der Waals surface area contributed by atoms with Gasteiger partial charge in [0.1, 0.15) is 11.6 Å². The Bertz CT molecular complexity index is 1030. The fraction of sp³-hybridized carbons (Fsp3) is 0.0500. The highest BCUT2D eigenvalue weighted by Gasteiger charge is 2.10. The number of halogens is 2. The van der Waals surface area contributed by atoms with Gasteiger partial charge in [0.15, 0.2) is 0 Å². The van der Waals surface area contributed by atoms with Gasteiger partial charge < -0.3 is 15.4 Å². The van der Waals surface area contributed by atoms with Gasteiger partial charge >= 0.3 is 5.97 Å². The smallest absolute Gasteiger partial charge is 0.337 e. The molecule has 0 fully saturated rings. The molecule has 3 aromatic rings. The number of amides is 1. The predicted molar refractivity (Wildman–Crippen MR) is 105 cm³/mol. The van der Waals surface area contributed by atoms with E-state index in [1.807, 2.05) is 0 Å². The number of carbonyl (C=O) groups is 2. The average molecular weight is 400 g/mol. The average Bonchev–Trinajstić information content (AvgIpc) is 2.71. The van der Waals surface area contributed by atoms with Crippen molar-refractivity contribution in [2.45, 2.75) is 0 Å². The van der Waals surface area contributed by atoms with Gasteiger partial charge in [-0.1, -0.05) is 17.7 Å². The summed E-state index contributed by atoms with van der Waals surface area (Å²) >= 11 is 5.71. The van der Waals surface area contributed by atoms with Crippen LogP contribution in [0, 0.1) is 5.82 Å². The lowest BCUT2D eigenvalue weighted by Gasteiger charge is -2.09. The van der Waals surface area contributed by atoms with Crippen molar-refractivity contribution in [2.24, 2.45) is 0 Å². The minimum atomic E-state index is -0.562. The Balaban J connectivity index is 1.68. The van der Waals surface area contributed by atoms with Crippen LogP contribution in [0.25, 0.3) is 0 Å². The first kappa shape index (κ1) is 19.3. The number of pyridine rings is 1. The minimum Gasteiger partial charge on any atom is -0.465 e. The lowest BCUT2D eigenvalue weighted by Crippen LogP contribution is -2.12. The van der Waals surface area contributed by atoms with Gasteiger partial charge in [0.2, 0.25) is 0 Å². The molecule has 28 heavy (non-hydrogen) atoms. The van der Waals surface area contributed by atoms with Gasteiger partial charge in [0, 0.05) is 17.6 Å². The molecule has 1 amide bonds. The van der Waals surface area contributed by atoms with E-state index < -0.39 is 17.7 Å². The van der Waals surface area contributed by atoms with E-state index in [1.165, 1.54) is 31.5 Å². The Hall–Kier alpha value is -3.45. The largest absolute Gasteiger partial charge is 0.465 e. The van der Waals surface area contributed by atoms with Crippen LogP contribution >= 0.6 is 11.6 Å². The summed E-state index contributed by atoms with van der Waals surface area (Å²) in [6, 6.07) is 13.9. The number of ether oxygens (including phenoxy) is 1. The van der Waals surface area contributed by atoms with Gasteiger partial charge in [0.25, 0.3) is 5.91 Å². The van der Waals surface area contributed by atoms with Crippen LogP contribution in [0.2, 0.25) is 5.02 Å². The molecule has 6 nitrogen and oxygen atoms in total. The maximum Gasteiger partial charge on any atom is 0.337 e. The van der Waals surface area contributed by atoms with Gasteiger partial charge in [0.05, 0.1) is 23.3 Å². The molecule has 0 aliphatic carbocycles. The Morgan fingerprint density at radius 2 is 1.86 bits per heavy atom. The summed E-state index contributed by atoms with van der Waals surface area (Å²) in [5.74, 6) is -0.921. The number of nitrogens with one attached hydrogen (secondary N) is 2. The van der Waals surface area contributed by atoms with Crippen LogP contribution < -0.4 is 10.6 Å². The molecular formula is C20H15ClFN3O3. The second-order valence-electron chi connectivity index (χ2n) is 5.71. The zero-order valence-electron chi connectivity index (χ0n) is 14.7. The molecule has 0 aliphatic heterocycles. The van der Waals surface area contributed by atoms with Crippen LogP contribution in [-0.2, 0) is 4.74 Å². The standard InChI is InChI=1S/C20H15ClFN3O3/c1-28-20(27)12-3-2-4-14(9-12)24-18-8-5-13(11-23-18)19(26)25-15-6-7-17(22)16(21)10-15/h2-11H,1H3,(H,23,24)(H,25,26). The third-order valence-corrected chi connectivity index (χ3v) is 4.05. The Kier molecular flexibility index (Phi) is 5.86. The van der Waals surface area contributed by atoms with E-state index in [-0.39, 0.29) is 5.02 Å². The fourth-order valence-electron chi connectivity index (χ4n) is 2.37. The number of esters is 1. The Morgan fingerprint density at radius 1 is 1.04 bits per heavy atom. The molecule has 0 atom stereocenters. The SMILES string of the molecule is COC(=O)c1cccc(Nc2ccc(C(=O)Nc3ccc(F)c(Cl)c3)cn2)c1. The van der Waals surface area contributed by atoms with Crippen LogP contribution in [0.4, 0.5) is 21.6 Å². The number of methoxy groups -OCH3 is 1. The number of anilines is 3. The highest BCUT2D eigenvalue weighted by molar-refractivity contribution is 6.31. The van der Waals surface area contributed by atoms with Gasteiger partial charge in [-0.25, -0.2) is 14.2 Å². The third-order valence-electron chi connectivity index (χ3n) is 3.76. The van der Waals surface area contributed by atoms with Crippen LogP contribution in [0.3, 0.4) is 0 Å². The van der Waals surface area contributed by atoms with Crippen LogP contribution in [0.5, 0.6) is 0 Å². The zero-order valence-corrected chi connectivity index (χ0v) is 15.5. The molecule has 2 N–H and O–H groups in total. The molecule has 1 aromatic heterocycles. The topological polar surface area (TPSA) is 80.3 Å². The quantitative estimate of drug-likeness (QED) is 0.610. The number of rotatable bonds is 5. The summed E-state index contributed by atoms with van der Waals surface area (Å²) in [6.45, 7) is 0. The van der Waals surface area contributed by atoms with E-state index in [4.69, 9.17) is 16.3 Å². The van der Waals surface area contributed by atoms with Crippen molar-refractivity contribution in [1.29, 1.82) is 0 Å².